The molecule has 0 unspecified atom stereocenters. The Hall–Kier alpha value is -0.960. The monoisotopic (exact) mass is 132 g/mol. The van der Waals surface area contributed by atoms with Crippen molar-refractivity contribution in [2.45, 2.75) is 26.7 Å². The molecule has 52 valence electrons. The van der Waals surface area contributed by atoms with E-state index in [0.717, 1.165) is 12.8 Å². The Balaban J connectivity index is 2.53. The van der Waals surface area contributed by atoms with E-state index in [2.05, 4.69) is 37.8 Å². The maximum absolute atomic E-state index is 3.03. The maximum atomic E-state index is 3.03. The average Bonchev–Trinajstić information content (AvgIpc) is 1.88. The van der Waals surface area contributed by atoms with Crippen molar-refractivity contribution in [2.24, 2.45) is 0 Å². The molecule has 0 N–H and O–H groups in total. The highest BCUT2D eigenvalue weighted by Crippen LogP contribution is 2.15. The number of hydrogen-bond acceptors (Lipinski definition) is 0. The van der Waals surface area contributed by atoms with Crippen LogP contribution in [0.3, 0.4) is 0 Å². The van der Waals surface area contributed by atoms with Gasteiger partial charge in [0.2, 0.25) is 0 Å². The van der Waals surface area contributed by atoms with E-state index >= 15 is 0 Å². The summed E-state index contributed by atoms with van der Waals surface area (Å²) in [5.74, 6) is 6.06. The second kappa shape index (κ2) is 3.27. The van der Waals surface area contributed by atoms with E-state index in [1.54, 1.807) is 0 Å². The average molecular weight is 132 g/mol. The normalized spacial score (nSPS) is 15.0. The summed E-state index contributed by atoms with van der Waals surface area (Å²) in [7, 11) is 0. The fourth-order valence-corrected chi connectivity index (χ4v) is 0.880. The zero-order valence-corrected chi connectivity index (χ0v) is 6.57. The Morgan fingerprint density at radius 1 is 1.30 bits per heavy atom. The smallest absolute Gasteiger partial charge is 0.0361 e. The third-order valence-electron chi connectivity index (χ3n) is 1.55. The molecule has 0 amide bonds. The summed E-state index contributed by atoms with van der Waals surface area (Å²) in [5, 5.41) is 0. The van der Waals surface area contributed by atoms with Crippen LogP contribution < -0.4 is 0 Å². The highest BCUT2D eigenvalue weighted by atomic mass is 14.0. The molecule has 0 aliphatic heterocycles. The number of allylic oxidation sites excluding steroid dienone is 4. The van der Waals surface area contributed by atoms with Gasteiger partial charge in [-0.1, -0.05) is 31.8 Å². The van der Waals surface area contributed by atoms with E-state index in [4.69, 9.17) is 0 Å². The molecule has 1 rings (SSSR count). The molecule has 0 atom stereocenters. The van der Waals surface area contributed by atoms with Gasteiger partial charge in [-0.25, -0.2) is 0 Å². The fraction of sp³-hybridized carbons (Fsp3) is 0.400. The summed E-state index contributed by atoms with van der Waals surface area (Å²) >= 11 is 0. The highest BCUT2D eigenvalue weighted by molar-refractivity contribution is 5.59. The third kappa shape index (κ3) is 1.30. The van der Waals surface area contributed by atoms with Crippen LogP contribution in [0.2, 0.25) is 0 Å². The van der Waals surface area contributed by atoms with E-state index in [0.29, 0.717) is 0 Å². The molecule has 0 heterocycles. The summed E-state index contributed by atoms with van der Waals surface area (Å²) < 4.78 is 0. The van der Waals surface area contributed by atoms with Gasteiger partial charge in [0.25, 0.3) is 0 Å². The summed E-state index contributed by atoms with van der Waals surface area (Å²) in [5.41, 5.74) is 2.55. The van der Waals surface area contributed by atoms with Gasteiger partial charge < -0.3 is 0 Å². The lowest BCUT2D eigenvalue weighted by Gasteiger charge is -2.04. The minimum atomic E-state index is 1.08. The predicted molar refractivity (Wildman–Crippen MR) is 44.5 cm³/mol. The van der Waals surface area contributed by atoms with Crippen LogP contribution in [0.15, 0.2) is 23.3 Å². The minimum absolute atomic E-state index is 1.08. The lowest BCUT2D eigenvalue weighted by Crippen LogP contribution is -1.91. The quantitative estimate of drug-likeness (QED) is 0.518. The first kappa shape index (κ1) is 7.15. The van der Waals surface area contributed by atoms with Crippen molar-refractivity contribution in [3.8, 4) is 11.8 Å². The van der Waals surface area contributed by atoms with Crippen molar-refractivity contribution in [2.75, 3.05) is 0 Å². The second-order valence-electron chi connectivity index (χ2n) is 2.31. The van der Waals surface area contributed by atoms with Crippen LogP contribution in [0.1, 0.15) is 26.7 Å². The Bertz CT molecular complexity index is 230. The van der Waals surface area contributed by atoms with Crippen LogP contribution in [0, 0.1) is 11.8 Å². The van der Waals surface area contributed by atoms with Crippen molar-refractivity contribution in [3.05, 3.63) is 23.3 Å². The van der Waals surface area contributed by atoms with Gasteiger partial charge in [0.1, 0.15) is 0 Å². The molecular formula is C10H12. The van der Waals surface area contributed by atoms with Crippen LogP contribution >= 0.6 is 0 Å². The first-order valence-electron chi connectivity index (χ1n) is 3.80. The van der Waals surface area contributed by atoms with E-state index in [1.165, 1.54) is 11.1 Å². The van der Waals surface area contributed by atoms with Gasteiger partial charge in [-0.15, -0.1) is 0 Å². The Morgan fingerprint density at radius 3 is 2.50 bits per heavy atom. The molecule has 0 radical (unpaired) electrons. The van der Waals surface area contributed by atoms with E-state index in [9.17, 15) is 0 Å². The first-order chi connectivity index (χ1) is 4.88. The molecule has 0 bridgehead atoms. The van der Waals surface area contributed by atoms with Crippen molar-refractivity contribution in [1.82, 2.24) is 0 Å². The van der Waals surface area contributed by atoms with Gasteiger partial charge in [-0.05, 0) is 18.9 Å². The van der Waals surface area contributed by atoms with Crippen molar-refractivity contribution in [3.63, 3.8) is 0 Å². The molecule has 1 aliphatic rings. The summed E-state index contributed by atoms with van der Waals surface area (Å²) in [6.07, 6.45) is 6.45. The Kier molecular flexibility index (Phi) is 2.34. The molecular weight excluding hydrogens is 120 g/mol. The van der Waals surface area contributed by atoms with Crippen LogP contribution in [0.25, 0.3) is 0 Å². The molecule has 0 saturated carbocycles. The standard InChI is InChI=1S/C10H12/c1-3-5-6-10-8-7-9(10)4-2/h5-6H,3-4H2,1-2H3. The molecule has 0 fully saturated rings. The number of rotatable bonds is 3. The largest absolute Gasteiger partial charge is 0.0835 e. The van der Waals surface area contributed by atoms with E-state index in [-0.39, 0.29) is 0 Å². The zero-order chi connectivity index (χ0) is 7.40. The van der Waals surface area contributed by atoms with Crippen molar-refractivity contribution >= 4 is 0 Å². The lowest BCUT2D eigenvalue weighted by molar-refractivity contribution is 1.13. The molecule has 0 nitrogen and oxygen atoms in total. The van der Waals surface area contributed by atoms with E-state index in [1.807, 2.05) is 0 Å². The molecule has 0 saturated heterocycles. The van der Waals surface area contributed by atoms with Gasteiger partial charge in [0.15, 0.2) is 0 Å². The fourth-order valence-electron chi connectivity index (χ4n) is 0.880. The summed E-state index contributed by atoms with van der Waals surface area (Å²) in [6, 6.07) is 0. The SMILES string of the molecule is CCC=CC1=C(CC)C#C1. The van der Waals surface area contributed by atoms with Crippen molar-refractivity contribution < 1.29 is 0 Å². The van der Waals surface area contributed by atoms with Crippen molar-refractivity contribution in [1.29, 1.82) is 0 Å². The van der Waals surface area contributed by atoms with Gasteiger partial charge in [-0.3, -0.25) is 0 Å². The highest BCUT2D eigenvalue weighted by Gasteiger charge is 2.02. The molecule has 0 aromatic carbocycles. The molecule has 1 aliphatic carbocycles. The molecule has 0 aromatic rings. The second-order valence-corrected chi connectivity index (χ2v) is 2.31. The van der Waals surface area contributed by atoms with Crippen LogP contribution in [0.4, 0.5) is 0 Å². The Morgan fingerprint density at radius 2 is 2.10 bits per heavy atom. The molecule has 10 heavy (non-hydrogen) atoms. The maximum Gasteiger partial charge on any atom is 0.0361 e. The molecule has 0 heteroatoms. The van der Waals surface area contributed by atoms with Crippen LogP contribution in [-0.2, 0) is 0 Å². The van der Waals surface area contributed by atoms with Gasteiger partial charge in [0, 0.05) is 11.1 Å². The molecule has 0 aromatic heterocycles. The first-order valence-corrected chi connectivity index (χ1v) is 3.80. The van der Waals surface area contributed by atoms with Gasteiger partial charge in [0.05, 0.1) is 0 Å². The van der Waals surface area contributed by atoms with Crippen LogP contribution in [0.5, 0.6) is 0 Å². The third-order valence-corrected chi connectivity index (χ3v) is 1.55. The topological polar surface area (TPSA) is 0 Å². The molecule has 0 spiro atoms. The summed E-state index contributed by atoms with van der Waals surface area (Å²) in [4.78, 5) is 0. The van der Waals surface area contributed by atoms with Crippen LogP contribution in [-0.4, -0.2) is 0 Å². The Labute approximate surface area is 62.6 Å². The van der Waals surface area contributed by atoms with E-state index < -0.39 is 0 Å². The van der Waals surface area contributed by atoms with Gasteiger partial charge >= 0.3 is 0 Å². The minimum Gasteiger partial charge on any atom is -0.0835 e. The zero-order valence-electron chi connectivity index (χ0n) is 6.57. The van der Waals surface area contributed by atoms with Gasteiger partial charge in [-0.2, -0.15) is 0 Å². The summed E-state index contributed by atoms with van der Waals surface area (Å²) in [6.45, 7) is 4.28. The predicted octanol–water partition coefficient (Wildman–Crippen LogP) is 2.68. The lowest BCUT2D eigenvalue weighted by atomic mass is 9.99. The number of hydrogen-bond donors (Lipinski definition) is 0.